The monoisotopic (exact) mass is 419 g/mol. The standard InChI is InChI=1S/C15H25N5O.HI/c1-16-15(19-13-8-12-5-6-14(13)21-12)17-7-3-4-11-9-18-20(2)10-11;/h9-10,12-14H,3-8H2,1-2H3,(H2,16,17,19);1H. The second kappa shape index (κ2) is 8.14. The van der Waals surface area contributed by atoms with E-state index in [1.807, 2.05) is 25.0 Å². The molecular formula is C15H26IN5O. The van der Waals surface area contributed by atoms with Gasteiger partial charge in [0.15, 0.2) is 5.96 Å². The minimum Gasteiger partial charge on any atom is -0.373 e. The van der Waals surface area contributed by atoms with Crippen LogP contribution in [0.15, 0.2) is 17.4 Å². The van der Waals surface area contributed by atoms with Crippen molar-refractivity contribution in [2.24, 2.45) is 12.0 Å². The maximum atomic E-state index is 5.86. The molecule has 124 valence electrons. The second-order valence-corrected chi connectivity index (χ2v) is 5.99. The summed E-state index contributed by atoms with van der Waals surface area (Å²) in [7, 11) is 3.77. The van der Waals surface area contributed by atoms with Gasteiger partial charge in [-0.3, -0.25) is 9.67 Å². The van der Waals surface area contributed by atoms with Gasteiger partial charge in [0.1, 0.15) is 0 Å². The zero-order chi connectivity index (χ0) is 14.7. The smallest absolute Gasteiger partial charge is 0.191 e. The van der Waals surface area contributed by atoms with Crippen LogP contribution in [0.4, 0.5) is 0 Å². The fourth-order valence-corrected chi connectivity index (χ4v) is 3.26. The van der Waals surface area contributed by atoms with Crippen molar-refractivity contribution in [3.05, 3.63) is 18.0 Å². The van der Waals surface area contributed by atoms with Crippen molar-refractivity contribution in [1.29, 1.82) is 0 Å². The molecule has 3 heterocycles. The number of aryl methyl sites for hydroxylation is 2. The summed E-state index contributed by atoms with van der Waals surface area (Å²) in [6, 6.07) is 0.424. The molecule has 7 heteroatoms. The third-order valence-electron chi connectivity index (χ3n) is 4.34. The Kier molecular flexibility index (Phi) is 6.49. The van der Waals surface area contributed by atoms with Crippen LogP contribution in [0.25, 0.3) is 0 Å². The highest BCUT2D eigenvalue weighted by atomic mass is 127. The number of nitrogens with zero attached hydrogens (tertiary/aromatic N) is 3. The van der Waals surface area contributed by atoms with E-state index in [1.165, 1.54) is 18.4 Å². The number of hydrogen-bond acceptors (Lipinski definition) is 3. The molecule has 2 N–H and O–H groups in total. The Hall–Kier alpha value is -0.830. The first-order valence-electron chi connectivity index (χ1n) is 7.85. The Morgan fingerprint density at radius 1 is 1.50 bits per heavy atom. The average Bonchev–Trinajstić information content (AvgIpc) is 3.19. The van der Waals surface area contributed by atoms with Crippen LogP contribution in [-0.4, -0.2) is 47.6 Å². The molecule has 22 heavy (non-hydrogen) atoms. The Morgan fingerprint density at radius 2 is 2.36 bits per heavy atom. The van der Waals surface area contributed by atoms with Gasteiger partial charge >= 0.3 is 0 Å². The van der Waals surface area contributed by atoms with E-state index < -0.39 is 0 Å². The van der Waals surface area contributed by atoms with Crippen molar-refractivity contribution in [1.82, 2.24) is 20.4 Å². The Morgan fingerprint density at radius 3 is 2.95 bits per heavy atom. The van der Waals surface area contributed by atoms with Crippen molar-refractivity contribution in [3.8, 4) is 0 Å². The van der Waals surface area contributed by atoms with E-state index >= 15 is 0 Å². The quantitative estimate of drug-likeness (QED) is 0.328. The topological polar surface area (TPSA) is 63.5 Å². The fourth-order valence-electron chi connectivity index (χ4n) is 3.26. The molecule has 2 saturated heterocycles. The maximum Gasteiger partial charge on any atom is 0.191 e. The Bertz CT molecular complexity index is 504. The van der Waals surface area contributed by atoms with Crippen molar-refractivity contribution in [2.75, 3.05) is 13.6 Å². The number of guanidine groups is 1. The number of aliphatic imine (C=N–C) groups is 1. The third-order valence-corrected chi connectivity index (χ3v) is 4.34. The third kappa shape index (κ3) is 4.34. The van der Waals surface area contributed by atoms with Gasteiger partial charge in [-0.15, -0.1) is 24.0 Å². The maximum absolute atomic E-state index is 5.86. The van der Waals surface area contributed by atoms with Gasteiger partial charge < -0.3 is 15.4 Å². The fraction of sp³-hybridized carbons (Fsp3) is 0.733. The van der Waals surface area contributed by atoms with Gasteiger partial charge in [0.05, 0.1) is 24.4 Å². The number of rotatable bonds is 5. The molecule has 3 rings (SSSR count). The SMILES string of the molecule is CN=C(NCCCc1cnn(C)c1)NC1CC2CCC1O2.I. The van der Waals surface area contributed by atoms with Gasteiger partial charge in [0, 0.05) is 26.8 Å². The molecule has 0 aromatic carbocycles. The molecule has 2 bridgehead atoms. The zero-order valence-corrected chi connectivity index (χ0v) is 15.6. The van der Waals surface area contributed by atoms with E-state index in [0.717, 1.165) is 31.8 Å². The van der Waals surface area contributed by atoms with Gasteiger partial charge in [0.2, 0.25) is 0 Å². The van der Waals surface area contributed by atoms with Crippen LogP contribution in [0.5, 0.6) is 0 Å². The first-order chi connectivity index (χ1) is 10.2. The Balaban J connectivity index is 0.00000176. The molecule has 0 saturated carbocycles. The van der Waals surface area contributed by atoms with Crippen LogP contribution in [-0.2, 0) is 18.2 Å². The van der Waals surface area contributed by atoms with E-state index in [-0.39, 0.29) is 24.0 Å². The molecule has 3 unspecified atom stereocenters. The van der Waals surface area contributed by atoms with E-state index in [4.69, 9.17) is 4.74 Å². The Labute approximate surface area is 149 Å². The molecule has 2 fully saturated rings. The molecule has 0 spiro atoms. The summed E-state index contributed by atoms with van der Waals surface area (Å²) in [6.45, 7) is 0.913. The molecule has 0 radical (unpaired) electrons. The van der Waals surface area contributed by atoms with E-state index in [1.54, 1.807) is 0 Å². The highest BCUT2D eigenvalue weighted by Crippen LogP contribution is 2.34. The lowest BCUT2D eigenvalue weighted by Gasteiger charge is -2.22. The number of aromatic nitrogens is 2. The first-order valence-corrected chi connectivity index (χ1v) is 7.85. The van der Waals surface area contributed by atoms with Gasteiger partial charge in [-0.1, -0.05) is 0 Å². The summed E-state index contributed by atoms with van der Waals surface area (Å²) >= 11 is 0. The number of halogens is 1. The van der Waals surface area contributed by atoms with E-state index in [2.05, 4.69) is 26.9 Å². The molecule has 2 aliphatic heterocycles. The number of nitrogens with one attached hydrogen (secondary N) is 2. The van der Waals surface area contributed by atoms with Crippen LogP contribution in [0.1, 0.15) is 31.2 Å². The molecule has 2 aliphatic rings. The summed E-state index contributed by atoms with van der Waals surface area (Å²) < 4.78 is 7.71. The first kappa shape index (κ1) is 17.5. The molecule has 1 aromatic heterocycles. The highest BCUT2D eigenvalue weighted by molar-refractivity contribution is 14.0. The normalized spacial score (nSPS) is 26.8. The van der Waals surface area contributed by atoms with Crippen LogP contribution in [0, 0.1) is 0 Å². The second-order valence-electron chi connectivity index (χ2n) is 5.99. The zero-order valence-electron chi connectivity index (χ0n) is 13.3. The summed E-state index contributed by atoms with van der Waals surface area (Å²) in [6.07, 6.45) is 10.5. The number of fused-ring (bicyclic) bond motifs is 2. The van der Waals surface area contributed by atoms with E-state index in [0.29, 0.717) is 18.2 Å². The van der Waals surface area contributed by atoms with Crippen molar-refractivity contribution >= 4 is 29.9 Å². The predicted octanol–water partition coefficient (Wildman–Crippen LogP) is 1.46. The van der Waals surface area contributed by atoms with Crippen molar-refractivity contribution in [3.63, 3.8) is 0 Å². The van der Waals surface area contributed by atoms with Gasteiger partial charge in [-0.25, -0.2) is 0 Å². The molecule has 6 nitrogen and oxygen atoms in total. The summed E-state index contributed by atoms with van der Waals surface area (Å²) in [5.74, 6) is 0.891. The van der Waals surface area contributed by atoms with Crippen LogP contribution in [0.2, 0.25) is 0 Å². The molecule has 0 amide bonds. The molecule has 1 aromatic rings. The minimum absolute atomic E-state index is 0. The van der Waals surface area contributed by atoms with Gasteiger partial charge in [-0.2, -0.15) is 5.10 Å². The highest BCUT2D eigenvalue weighted by Gasteiger charge is 2.40. The summed E-state index contributed by atoms with van der Waals surface area (Å²) in [5.41, 5.74) is 1.28. The number of hydrogen-bond donors (Lipinski definition) is 2. The summed E-state index contributed by atoms with van der Waals surface area (Å²) in [4.78, 5) is 4.31. The molecule has 0 aliphatic carbocycles. The summed E-state index contributed by atoms with van der Waals surface area (Å²) in [5, 5.41) is 11.1. The minimum atomic E-state index is 0. The van der Waals surface area contributed by atoms with Crippen LogP contribution < -0.4 is 10.6 Å². The lowest BCUT2D eigenvalue weighted by Crippen LogP contribution is -2.47. The van der Waals surface area contributed by atoms with Gasteiger partial charge in [0.25, 0.3) is 0 Å². The molecule has 3 atom stereocenters. The number of ether oxygens (including phenoxy) is 1. The van der Waals surface area contributed by atoms with Crippen LogP contribution >= 0.6 is 24.0 Å². The average molecular weight is 419 g/mol. The molecular weight excluding hydrogens is 393 g/mol. The van der Waals surface area contributed by atoms with E-state index in [9.17, 15) is 0 Å². The van der Waals surface area contributed by atoms with Crippen molar-refractivity contribution in [2.45, 2.75) is 50.4 Å². The van der Waals surface area contributed by atoms with Crippen molar-refractivity contribution < 1.29 is 4.74 Å². The largest absolute Gasteiger partial charge is 0.373 e. The predicted molar refractivity (Wildman–Crippen MR) is 97.7 cm³/mol. The lowest BCUT2D eigenvalue weighted by atomic mass is 9.96. The van der Waals surface area contributed by atoms with Gasteiger partial charge in [-0.05, 0) is 37.7 Å². The van der Waals surface area contributed by atoms with Crippen LogP contribution in [0.3, 0.4) is 0 Å². The lowest BCUT2D eigenvalue weighted by molar-refractivity contribution is 0.0992.